The lowest BCUT2D eigenvalue weighted by Crippen LogP contribution is -2.56. The highest BCUT2D eigenvalue weighted by atomic mass is 16.6. The number of phenolic OH excluding ortho intramolecular Hbond substituents is 1. The molecule has 1 aliphatic carbocycles. The SMILES string of the molecule is CCC(C)N(C(=O)C(CCC(N)=O)NC(=O)OC(C)(C)C)C(C(=O)NC1CCCCC1)c1ccc(O)cc1. The molecule has 212 valence electrons. The van der Waals surface area contributed by atoms with Crippen LogP contribution in [0.15, 0.2) is 24.3 Å². The second-order valence-corrected chi connectivity index (χ2v) is 11.0. The second kappa shape index (κ2) is 14.0. The number of benzene rings is 1. The number of amides is 4. The molecule has 10 heteroatoms. The Bertz CT molecular complexity index is 953. The molecule has 0 bridgehead atoms. The summed E-state index contributed by atoms with van der Waals surface area (Å²) in [5.74, 6) is -1.44. The van der Waals surface area contributed by atoms with Crippen LogP contribution in [0.3, 0.4) is 0 Å². The summed E-state index contributed by atoms with van der Waals surface area (Å²) in [6.07, 6.45) is 4.45. The number of hydrogen-bond donors (Lipinski definition) is 4. The maximum atomic E-state index is 14.1. The highest BCUT2D eigenvalue weighted by Gasteiger charge is 2.39. The number of nitrogens with two attached hydrogens (primary N) is 1. The fourth-order valence-corrected chi connectivity index (χ4v) is 4.59. The number of primary amides is 1. The van der Waals surface area contributed by atoms with Crippen LogP contribution in [0.25, 0.3) is 0 Å². The van der Waals surface area contributed by atoms with Crippen LogP contribution in [0.4, 0.5) is 4.79 Å². The van der Waals surface area contributed by atoms with Gasteiger partial charge in [-0.2, -0.15) is 0 Å². The lowest BCUT2D eigenvalue weighted by atomic mass is 9.94. The van der Waals surface area contributed by atoms with E-state index in [0.717, 1.165) is 32.1 Å². The van der Waals surface area contributed by atoms with E-state index >= 15 is 0 Å². The maximum Gasteiger partial charge on any atom is 0.408 e. The monoisotopic (exact) mass is 532 g/mol. The van der Waals surface area contributed by atoms with Gasteiger partial charge in [-0.25, -0.2) is 4.79 Å². The Morgan fingerprint density at radius 1 is 1.11 bits per heavy atom. The third-order valence-electron chi connectivity index (χ3n) is 6.68. The Hall–Kier alpha value is -3.30. The van der Waals surface area contributed by atoms with Crippen molar-refractivity contribution in [2.45, 2.75) is 116 Å². The summed E-state index contributed by atoms with van der Waals surface area (Å²) in [5, 5.41) is 15.6. The summed E-state index contributed by atoms with van der Waals surface area (Å²) in [7, 11) is 0. The van der Waals surface area contributed by atoms with E-state index < -0.39 is 41.6 Å². The molecular weight excluding hydrogens is 488 g/mol. The summed E-state index contributed by atoms with van der Waals surface area (Å²) in [5.41, 5.74) is 5.08. The van der Waals surface area contributed by atoms with Crippen molar-refractivity contribution in [2.24, 2.45) is 5.73 Å². The molecule has 0 aromatic heterocycles. The molecule has 10 nitrogen and oxygen atoms in total. The second-order valence-electron chi connectivity index (χ2n) is 11.0. The molecular formula is C28H44N4O6. The van der Waals surface area contributed by atoms with E-state index in [9.17, 15) is 24.3 Å². The molecule has 2 rings (SSSR count). The van der Waals surface area contributed by atoms with Crippen molar-refractivity contribution in [1.82, 2.24) is 15.5 Å². The molecule has 1 aliphatic rings. The summed E-state index contributed by atoms with van der Waals surface area (Å²) in [4.78, 5) is 53.6. The van der Waals surface area contributed by atoms with Gasteiger partial charge in [0, 0.05) is 18.5 Å². The number of nitrogens with one attached hydrogen (secondary N) is 2. The van der Waals surface area contributed by atoms with E-state index in [1.54, 1.807) is 32.9 Å². The van der Waals surface area contributed by atoms with Crippen LogP contribution in [-0.4, -0.2) is 57.5 Å². The van der Waals surface area contributed by atoms with Crippen LogP contribution in [0, 0.1) is 0 Å². The van der Waals surface area contributed by atoms with Gasteiger partial charge < -0.3 is 31.1 Å². The number of carbonyl (C=O) groups is 4. The van der Waals surface area contributed by atoms with Gasteiger partial charge in [0.05, 0.1) is 0 Å². The molecule has 1 aromatic carbocycles. The molecule has 0 radical (unpaired) electrons. The number of rotatable bonds is 11. The molecule has 1 aromatic rings. The first kappa shape index (κ1) is 30.9. The molecule has 0 heterocycles. The zero-order valence-electron chi connectivity index (χ0n) is 23.3. The van der Waals surface area contributed by atoms with E-state index in [-0.39, 0.29) is 30.5 Å². The molecule has 38 heavy (non-hydrogen) atoms. The predicted molar refractivity (Wildman–Crippen MR) is 144 cm³/mol. The third kappa shape index (κ3) is 9.54. The number of aromatic hydroxyl groups is 1. The van der Waals surface area contributed by atoms with Gasteiger partial charge in [0.15, 0.2) is 0 Å². The minimum atomic E-state index is -1.14. The standard InChI is InChI=1S/C28H44N4O6/c1-6-18(2)32(26(36)22(16-17-23(29)34)31-27(37)38-28(3,4)5)24(19-12-14-21(33)15-13-19)25(35)30-20-10-8-7-9-11-20/h12-15,18,20,22,24,33H,6-11,16-17H2,1-5H3,(H2,29,34)(H,30,35)(H,31,37). The average Bonchev–Trinajstić information content (AvgIpc) is 2.84. The van der Waals surface area contributed by atoms with E-state index in [1.165, 1.54) is 17.0 Å². The first-order chi connectivity index (χ1) is 17.8. The quantitative estimate of drug-likeness (QED) is 0.341. The highest BCUT2D eigenvalue weighted by molar-refractivity contribution is 5.92. The van der Waals surface area contributed by atoms with Crippen molar-refractivity contribution in [3.8, 4) is 5.75 Å². The average molecular weight is 533 g/mol. The predicted octanol–water partition coefficient (Wildman–Crippen LogP) is 3.67. The van der Waals surface area contributed by atoms with Crippen molar-refractivity contribution in [3.63, 3.8) is 0 Å². The van der Waals surface area contributed by atoms with E-state index in [1.807, 2.05) is 13.8 Å². The van der Waals surface area contributed by atoms with E-state index in [2.05, 4.69) is 10.6 Å². The zero-order valence-corrected chi connectivity index (χ0v) is 23.3. The Balaban J connectivity index is 2.48. The zero-order chi connectivity index (χ0) is 28.5. The first-order valence-electron chi connectivity index (χ1n) is 13.5. The topological polar surface area (TPSA) is 151 Å². The van der Waals surface area contributed by atoms with Crippen molar-refractivity contribution in [1.29, 1.82) is 0 Å². The Morgan fingerprint density at radius 3 is 2.24 bits per heavy atom. The molecule has 5 N–H and O–H groups in total. The fourth-order valence-electron chi connectivity index (χ4n) is 4.59. The summed E-state index contributed by atoms with van der Waals surface area (Å²) < 4.78 is 5.35. The van der Waals surface area contributed by atoms with Crippen LogP contribution in [0.5, 0.6) is 5.75 Å². The van der Waals surface area contributed by atoms with Crippen LogP contribution in [0.2, 0.25) is 0 Å². The number of carbonyl (C=O) groups excluding carboxylic acids is 4. The highest BCUT2D eigenvalue weighted by Crippen LogP contribution is 2.29. The molecule has 3 unspecified atom stereocenters. The molecule has 0 spiro atoms. The van der Waals surface area contributed by atoms with Gasteiger partial charge in [-0.05, 0) is 71.1 Å². The third-order valence-corrected chi connectivity index (χ3v) is 6.68. The van der Waals surface area contributed by atoms with Gasteiger partial charge in [-0.1, -0.05) is 38.3 Å². The lowest BCUT2D eigenvalue weighted by Gasteiger charge is -2.39. The summed E-state index contributed by atoms with van der Waals surface area (Å²) >= 11 is 0. The normalized spacial score (nSPS) is 16.6. The van der Waals surface area contributed by atoms with Crippen molar-refractivity contribution in [3.05, 3.63) is 29.8 Å². The lowest BCUT2D eigenvalue weighted by molar-refractivity contribution is -0.145. The number of alkyl carbamates (subject to hydrolysis) is 1. The van der Waals surface area contributed by atoms with Crippen molar-refractivity contribution < 1.29 is 29.0 Å². The van der Waals surface area contributed by atoms with E-state index in [0.29, 0.717) is 12.0 Å². The first-order valence-corrected chi connectivity index (χ1v) is 13.5. The molecule has 0 aliphatic heterocycles. The van der Waals surface area contributed by atoms with Crippen molar-refractivity contribution >= 4 is 23.8 Å². The maximum absolute atomic E-state index is 14.1. The number of ether oxygens (including phenoxy) is 1. The van der Waals surface area contributed by atoms with Crippen LogP contribution in [0.1, 0.15) is 97.6 Å². The van der Waals surface area contributed by atoms with Crippen molar-refractivity contribution in [2.75, 3.05) is 0 Å². The van der Waals surface area contributed by atoms with Gasteiger partial charge in [0.2, 0.25) is 17.7 Å². The number of phenols is 1. The fraction of sp³-hybridized carbons (Fsp3) is 0.643. The number of hydrogen-bond acceptors (Lipinski definition) is 6. The minimum Gasteiger partial charge on any atom is -0.508 e. The largest absolute Gasteiger partial charge is 0.508 e. The van der Waals surface area contributed by atoms with E-state index in [4.69, 9.17) is 10.5 Å². The molecule has 3 atom stereocenters. The van der Waals surface area contributed by atoms with Gasteiger partial charge >= 0.3 is 6.09 Å². The molecule has 1 saturated carbocycles. The summed E-state index contributed by atoms with van der Waals surface area (Å²) in [6.45, 7) is 8.84. The Kier molecular flexibility index (Phi) is 11.4. The van der Waals surface area contributed by atoms with Crippen LogP contribution < -0.4 is 16.4 Å². The molecule has 0 saturated heterocycles. The Morgan fingerprint density at radius 2 is 1.71 bits per heavy atom. The van der Waals surface area contributed by atoms with Crippen LogP contribution >= 0.6 is 0 Å². The molecule has 4 amide bonds. The molecule has 1 fully saturated rings. The minimum absolute atomic E-state index is 0.00953. The van der Waals surface area contributed by atoms with Gasteiger partial charge in [-0.15, -0.1) is 0 Å². The van der Waals surface area contributed by atoms with Crippen LogP contribution in [-0.2, 0) is 19.1 Å². The van der Waals surface area contributed by atoms with Gasteiger partial charge in [0.1, 0.15) is 23.4 Å². The number of nitrogens with zero attached hydrogens (tertiary/aromatic N) is 1. The van der Waals surface area contributed by atoms with Gasteiger partial charge in [0.25, 0.3) is 0 Å². The smallest absolute Gasteiger partial charge is 0.408 e. The van der Waals surface area contributed by atoms with Gasteiger partial charge in [-0.3, -0.25) is 14.4 Å². The summed E-state index contributed by atoms with van der Waals surface area (Å²) in [6, 6.07) is 3.62. The Labute approximate surface area is 225 Å².